The highest BCUT2D eigenvalue weighted by molar-refractivity contribution is 6.36. The predicted octanol–water partition coefficient (Wildman–Crippen LogP) is 5.01. The Morgan fingerprint density at radius 2 is 1.82 bits per heavy atom. The van der Waals surface area contributed by atoms with E-state index in [2.05, 4.69) is 16.5 Å². The van der Waals surface area contributed by atoms with E-state index in [0.717, 1.165) is 18.9 Å². The Morgan fingerprint density at radius 1 is 1.18 bits per heavy atom. The first-order chi connectivity index (χ1) is 13.1. The van der Waals surface area contributed by atoms with Crippen LogP contribution in [0.4, 0.5) is 17.6 Å². The van der Waals surface area contributed by atoms with Crippen LogP contribution in [-0.4, -0.2) is 25.5 Å². The summed E-state index contributed by atoms with van der Waals surface area (Å²) in [6.45, 7) is 3.87. The van der Waals surface area contributed by atoms with Gasteiger partial charge in [0.2, 0.25) is 0 Å². The highest BCUT2D eigenvalue weighted by atomic mass is 35.5. The van der Waals surface area contributed by atoms with E-state index in [1.54, 1.807) is 0 Å². The zero-order chi connectivity index (χ0) is 20.4. The van der Waals surface area contributed by atoms with E-state index in [0.29, 0.717) is 13.1 Å². The van der Waals surface area contributed by atoms with Crippen LogP contribution in [0.1, 0.15) is 18.7 Å². The van der Waals surface area contributed by atoms with Crippen LogP contribution in [0, 0.1) is 5.82 Å². The van der Waals surface area contributed by atoms with Gasteiger partial charge in [0.15, 0.2) is 0 Å². The monoisotopic (exact) mass is 434 g/mol. The Kier molecular flexibility index (Phi) is 4.35. The molecule has 0 saturated carbocycles. The standard InChI is InChI=1S/C17H12Cl2F4N4O/c1-7(17(21,22)23)15-24-12-8(18)6-9(20)10(13(12)25-15)11-14(19)26-4-2-3-5-27(26)16(11)28/h6H,1-5H2,(H,24,25). The van der Waals surface area contributed by atoms with Gasteiger partial charge in [-0.2, -0.15) is 13.2 Å². The minimum atomic E-state index is -4.74. The van der Waals surface area contributed by atoms with Crippen molar-refractivity contribution in [3.05, 3.63) is 44.8 Å². The number of hydrogen-bond donors (Lipinski definition) is 1. The van der Waals surface area contributed by atoms with Crippen molar-refractivity contribution < 1.29 is 17.6 Å². The third-order valence-corrected chi connectivity index (χ3v) is 5.39. The van der Waals surface area contributed by atoms with Gasteiger partial charge in [-0.3, -0.25) is 9.48 Å². The highest BCUT2D eigenvalue weighted by Crippen LogP contribution is 2.39. The number of aromatic nitrogens is 4. The molecule has 2 aromatic heterocycles. The van der Waals surface area contributed by atoms with Crippen LogP contribution in [0.15, 0.2) is 17.4 Å². The fourth-order valence-electron chi connectivity index (χ4n) is 3.36. The summed E-state index contributed by atoms with van der Waals surface area (Å²) in [6.07, 6.45) is -3.19. The summed E-state index contributed by atoms with van der Waals surface area (Å²) >= 11 is 12.3. The normalized spacial score (nSPS) is 14.5. The largest absolute Gasteiger partial charge is 0.419 e. The molecule has 0 saturated heterocycles. The van der Waals surface area contributed by atoms with Gasteiger partial charge in [-0.05, 0) is 18.9 Å². The lowest BCUT2D eigenvalue weighted by Gasteiger charge is -2.17. The zero-order valence-corrected chi connectivity index (χ0v) is 15.6. The number of aromatic amines is 1. The average molecular weight is 435 g/mol. The van der Waals surface area contributed by atoms with Crippen LogP contribution >= 0.6 is 23.2 Å². The van der Waals surface area contributed by atoms with Crippen molar-refractivity contribution in [1.29, 1.82) is 0 Å². The minimum absolute atomic E-state index is 0.0121. The molecule has 0 aliphatic carbocycles. The molecule has 4 rings (SSSR count). The highest BCUT2D eigenvalue weighted by Gasteiger charge is 2.36. The van der Waals surface area contributed by atoms with Gasteiger partial charge in [-0.15, -0.1) is 0 Å². The van der Waals surface area contributed by atoms with Crippen molar-refractivity contribution in [2.45, 2.75) is 32.1 Å². The molecule has 5 nitrogen and oxygen atoms in total. The van der Waals surface area contributed by atoms with Crippen molar-refractivity contribution in [3.8, 4) is 11.1 Å². The second-order valence-corrected chi connectivity index (χ2v) is 7.19. The van der Waals surface area contributed by atoms with E-state index in [1.165, 1.54) is 9.36 Å². The first-order valence-corrected chi connectivity index (χ1v) is 9.00. The van der Waals surface area contributed by atoms with Gasteiger partial charge in [-0.1, -0.05) is 29.8 Å². The predicted molar refractivity (Wildman–Crippen MR) is 98.1 cm³/mol. The van der Waals surface area contributed by atoms with E-state index in [1.807, 2.05) is 0 Å². The van der Waals surface area contributed by atoms with Gasteiger partial charge >= 0.3 is 6.18 Å². The van der Waals surface area contributed by atoms with Crippen molar-refractivity contribution >= 4 is 39.8 Å². The molecule has 0 bridgehead atoms. The molecule has 1 aliphatic heterocycles. The third kappa shape index (κ3) is 2.76. The zero-order valence-electron chi connectivity index (χ0n) is 14.1. The Morgan fingerprint density at radius 3 is 2.43 bits per heavy atom. The summed E-state index contributed by atoms with van der Waals surface area (Å²) < 4.78 is 56.8. The second-order valence-electron chi connectivity index (χ2n) is 6.42. The summed E-state index contributed by atoms with van der Waals surface area (Å²) in [5.41, 5.74) is -2.44. The van der Waals surface area contributed by atoms with Gasteiger partial charge in [0.1, 0.15) is 22.3 Å². The van der Waals surface area contributed by atoms with E-state index >= 15 is 0 Å². The minimum Gasteiger partial charge on any atom is -0.337 e. The maximum absolute atomic E-state index is 14.8. The van der Waals surface area contributed by atoms with Crippen molar-refractivity contribution in [2.75, 3.05) is 0 Å². The number of nitrogens with zero attached hydrogens (tertiary/aromatic N) is 3. The molecule has 3 heterocycles. The number of nitrogens with one attached hydrogen (secondary N) is 1. The number of rotatable bonds is 2. The molecule has 148 valence electrons. The summed E-state index contributed by atoms with van der Waals surface area (Å²) in [4.78, 5) is 19.1. The van der Waals surface area contributed by atoms with Crippen LogP contribution in [0.3, 0.4) is 0 Å². The quantitative estimate of drug-likeness (QED) is 0.576. The fraction of sp³-hybridized carbons (Fsp3) is 0.294. The molecule has 1 aromatic carbocycles. The molecule has 0 atom stereocenters. The number of H-pyrrole nitrogens is 1. The molecule has 0 fully saturated rings. The second kappa shape index (κ2) is 6.38. The lowest BCUT2D eigenvalue weighted by molar-refractivity contribution is -0.0690. The van der Waals surface area contributed by atoms with Gasteiger partial charge < -0.3 is 4.98 Å². The summed E-state index contributed by atoms with van der Waals surface area (Å²) in [5.74, 6) is -1.51. The molecular weight excluding hydrogens is 423 g/mol. The van der Waals surface area contributed by atoms with Gasteiger partial charge in [0, 0.05) is 13.1 Å². The van der Waals surface area contributed by atoms with E-state index in [9.17, 15) is 22.4 Å². The third-order valence-electron chi connectivity index (χ3n) is 4.71. The average Bonchev–Trinajstić information content (AvgIpc) is 3.17. The molecule has 0 spiro atoms. The molecular formula is C17H12Cl2F4N4O. The van der Waals surface area contributed by atoms with Crippen molar-refractivity contribution in [1.82, 2.24) is 19.3 Å². The molecule has 0 unspecified atom stereocenters. The maximum atomic E-state index is 14.8. The number of imidazole rings is 1. The Labute approximate surface area is 165 Å². The first kappa shape index (κ1) is 19.1. The van der Waals surface area contributed by atoms with Gasteiger partial charge in [0.05, 0.1) is 27.2 Å². The van der Waals surface area contributed by atoms with Crippen LogP contribution in [0.5, 0.6) is 0 Å². The number of benzene rings is 1. The number of halogens is 6. The van der Waals surface area contributed by atoms with Crippen LogP contribution in [0.25, 0.3) is 27.7 Å². The van der Waals surface area contributed by atoms with Crippen LogP contribution < -0.4 is 5.56 Å². The van der Waals surface area contributed by atoms with E-state index in [-0.39, 0.29) is 32.3 Å². The summed E-state index contributed by atoms with van der Waals surface area (Å²) in [6, 6.07) is 0.900. The Balaban J connectivity index is 2.04. The fourth-order valence-corrected chi connectivity index (χ4v) is 3.94. The lowest BCUT2D eigenvalue weighted by Crippen LogP contribution is -2.27. The first-order valence-electron chi connectivity index (χ1n) is 8.25. The SMILES string of the molecule is C=C(c1nc2c(Cl)cc(F)c(-c3c(Cl)n4n(c3=O)CCCC4)c2[nH]1)C(F)(F)F. The maximum Gasteiger partial charge on any atom is 0.419 e. The van der Waals surface area contributed by atoms with Crippen LogP contribution in [0.2, 0.25) is 10.2 Å². The summed E-state index contributed by atoms with van der Waals surface area (Å²) in [5, 5.41) is -0.188. The number of hydrogen-bond acceptors (Lipinski definition) is 2. The van der Waals surface area contributed by atoms with E-state index < -0.39 is 29.0 Å². The molecule has 3 aromatic rings. The van der Waals surface area contributed by atoms with Crippen molar-refractivity contribution in [3.63, 3.8) is 0 Å². The van der Waals surface area contributed by atoms with Gasteiger partial charge in [-0.25, -0.2) is 14.1 Å². The molecule has 0 radical (unpaired) electrons. The molecule has 1 N–H and O–H groups in total. The summed E-state index contributed by atoms with van der Waals surface area (Å²) in [7, 11) is 0. The molecule has 28 heavy (non-hydrogen) atoms. The molecule has 1 aliphatic rings. The smallest absolute Gasteiger partial charge is 0.337 e. The van der Waals surface area contributed by atoms with Crippen LogP contribution in [-0.2, 0) is 13.1 Å². The number of fused-ring (bicyclic) bond motifs is 2. The topological polar surface area (TPSA) is 55.6 Å². The number of allylic oxidation sites excluding steroid dienone is 1. The Hall–Kier alpha value is -2.26. The lowest BCUT2D eigenvalue weighted by atomic mass is 10.1. The van der Waals surface area contributed by atoms with Crippen molar-refractivity contribution in [2.24, 2.45) is 0 Å². The molecule has 11 heteroatoms. The van der Waals surface area contributed by atoms with E-state index in [4.69, 9.17) is 23.2 Å². The Bertz CT molecular complexity index is 1190. The van der Waals surface area contributed by atoms with Gasteiger partial charge in [0.25, 0.3) is 5.56 Å². The number of alkyl halides is 3. The molecule has 0 amide bonds.